The summed E-state index contributed by atoms with van der Waals surface area (Å²) in [5.41, 5.74) is 1.03. The standard InChI is InChI=1S/C20H22N2O3S/c23-19(13-17-7-4-12-26-17)21-10-8-16(9-11-21)22-14-18(25-20(22)24)15-5-2-1-3-6-15/h1-7,12,16,18H,8-11,13-14H2. The van der Waals surface area contributed by atoms with Gasteiger partial charge < -0.3 is 14.5 Å². The second-order valence-electron chi connectivity index (χ2n) is 6.80. The first-order valence-corrected chi connectivity index (χ1v) is 9.91. The number of rotatable bonds is 4. The molecule has 2 fully saturated rings. The molecule has 0 radical (unpaired) electrons. The zero-order valence-electron chi connectivity index (χ0n) is 14.5. The van der Waals surface area contributed by atoms with E-state index in [1.165, 1.54) is 0 Å². The van der Waals surface area contributed by atoms with Gasteiger partial charge in [-0.15, -0.1) is 11.3 Å². The number of ether oxygens (including phenoxy) is 1. The van der Waals surface area contributed by atoms with E-state index >= 15 is 0 Å². The smallest absolute Gasteiger partial charge is 0.410 e. The Balaban J connectivity index is 1.32. The summed E-state index contributed by atoms with van der Waals surface area (Å²) in [4.78, 5) is 29.6. The van der Waals surface area contributed by atoms with Crippen molar-refractivity contribution in [1.29, 1.82) is 0 Å². The van der Waals surface area contributed by atoms with Crippen molar-refractivity contribution in [1.82, 2.24) is 9.80 Å². The molecule has 2 amide bonds. The van der Waals surface area contributed by atoms with E-state index in [1.54, 1.807) is 11.3 Å². The maximum Gasteiger partial charge on any atom is 0.410 e. The molecule has 0 spiro atoms. The number of likely N-dealkylation sites (tertiary alicyclic amines) is 1. The van der Waals surface area contributed by atoms with Gasteiger partial charge in [0.25, 0.3) is 0 Å². The maximum atomic E-state index is 12.4. The largest absolute Gasteiger partial charge is 0.439 e. The third kappa shape index (κ3) is 3.60. The van der Waals surface area contributed by atoms with Crippen LogP contribution < -0.4 is 0 Å². The molecular weight excluding hydrogens is 348 g/mol. The van der Waals surface area contributed by atoms with Crippen molar-refractivity contribution in [2.75, 3.05) is 19.6 Å². The lowest BCUT2D eigenvalue weighted by Crippen LogP contribution is -2.47. The van der Waals surface area contributed by atoms with Crippen LogP contribution in [0.2, 0.25) is 0 Å². The van der Waals surface area contributed by atoms with Crippen LogP contribution in [-0.2, 0) is 16.0 Å². The molecule has 26 heavy (non-hydrogen) atoms. The number of thiophene rings is 1. The number of piperidine rings is 1. The van der Waals surface area contributed by atoms with Crippen LogP contribution in [0.5, 0.6) is 0 Å². The average Bonchev–Trinajstić information content (AvgIpc) is 3.32. The minimum absolute atomic E-state index is 0.155. The lowest BCUT2D eigenvalue weighted by Gasteiger charge is -2.35. The Morgan fingerprint density at radius 2 is 1.88 bits per heavy atom. The summed E-state index contributed by atoms with van der Waals surface area (Å²) in [5.74, 6) is 0.178. The normalized spacial score (nSPS) is 21.1. The summed E-state index contributed by atoms with van der Waals surface area (Å²) < 4.78 is 5.57. The molecule has 1 atom stereocenters. The third-order valence-corrected chi connectivity index (χ3v) is 6.05. The Labute approximate surface area is 157 Å². The molecule has 4 rings (SSSR count). The van der Waals surface area contributed by atoms with Crippen molar-refractivity contribution in [3.05, 3.63) is 58.3 Å². The predicted octanol–water partition coefficient (Wildman–Crippen LogP) is 3.48. The molecule has 1 aromatic heterocycles. The Bertz CT molecular complexity index is 755. The van der Waals surface area contributed by atoms with E-state index in [2.05, 4.69) is 0 Å². The fourth-order valence-corrected chi connectivity index (χ4v) is 4.42. The molecule has 2 aliphatic rings. The summed E-state index contributed by atoms with van der Waals surface area (Å²) in [6.45, 7) is 2.00. The van der Waals surface area contributed by atoms with Crippen LogP contribution in [0.3, 0.4) is 0 Å². The lowest BCUT2D eigenvalue weighted by atomic mass is 10.0. The number of benzene rings is 1. The van der Waals surface area contributed by atoms with Crippen molar-refractivity contribution in [3.8, 4) is 0 Å². The van der Waals surface area contributed by atoms with E-state index in [4.69, 9.17) is 4.74 Å². The van der Waals surface area contributed by atoms with Crippen LogP contribution in [0, 0.1) is 0 Å². The molecule has 0 N–H and O–H groups in total. The molecular formula is C20H22N2O3S. The van der Waals surface area contributed by atoms with Gasteiger partial charge in [-0.25, -0.2) is 4.79 Å². The van der Waals surface area contributed by atoms with Gasteiger partial charge in [-0.05, 0) is 29.9 Å². The minimum atomic E-state index is -0.234. The summed E-state index contributed by atoms with van der Waals surface area (Å²) in [6, 6.07) is 14.0. The molecule has 0 aliphatic carbocycles. The van der Waals surface area contributed by atoms with E-state index in [1.807, 2.05) is 57.6 Å². The molecule has 1 unspecified atom stereocenters. The highest BCUT2D eigenvalue weighted by molar-refractivity contribution is 7.10. The number of nitrogens with zero attached hydrogens (tertiary/aromatic N) is 2. The van der Waals surface area contributed by atoms with Gasteiger partial charge in [-0.3, -0.25) is 4.79 Å². The summed E-state index contributed by atoms with van der Waals surface area (Å²) in [5, 5.41) is 2.00. The molecule has 3 heterocycles. The molecule has 2 saturated heterocycles. The third-order valence-electron chi connectivity index (χ3n) is 5.17. The number of cyclic esters (lactones) is 1. The van der Waals surface area contributed by atoms with Gasteiger partial charge >= 0.3 is 6.09 Å². The van der Waals surface area contributed by atoms with E-state index in [9.17, 15) is 9.59 Å². The number of carbonyl (C=O) groups is 2. The molecule has 2 aliphatic heterocycles. The lowest BCUT2D eigenvalue weighted by molar-refractivity contribution is -0.131. The highest BCUT2D eigenvalue weighted by atomic mass is 32.1. The highest BCUT2D eigenvalue weighted by Crippen LogP contribution is 2.30. The van der Waals surface area contributed by atoms with Crippen LogP contribution in [-0.4, -0.2) is 47.5 Å². The fraction of sp³-hybridized carbons (Fsp3) is 0.400. The SMILES string of the molecule is O=C(Cc1cccs1)N1CCC(N2CC(c3ccccc3)OC2=O)CC1. The summed E-state index contributed by atoms with van der Waals surface area (Å²) in [6.07, 6.45) is 1.67. The van der Waals surface area contributed by atoms with Gasteiger partial charge in [0.05, 0.1) is 13.0 Å². The van der Waals surface area contributed by atoms with E-state index in [0.717, 1.165) is 23.3 Å². The van der Waals surface area contributed by atoms with E-state index in [-0.39, 0.29) is 24.1 Å². The molecule has 5 nitrogen and oxygen atoms in total. The second-order valence-corrected chi connectivity index (χ2v) is 7.84. The number of carbonyl (C=O) groups excluding carboxylic acids is 2. The van der Waals surface area contributed by atoms with Gasteiger partial charge in [0.15, 0.2) is 0 Å². The summed E-state index contributed by atoms with van der Waals surface area (Å²) in [7, 11) is 0. The Kier molecular flexibility index (Phi) is 4.93. The zero-order chi connectivity index (χ0) is 17.9. The van der Waals surface area contributed by atoms with Crippen LogP contribution >= 0.6 is 11.3 Å². The number of hydrogen-bond donors (Lipinski definition) is 0. The first kappa shape index (κ1) is 17.1. The van der Waals surface area contributed by atoms with Gasteiger partial charge in [0.2, 0.25) is 5.91 Å². The van der Waals surface area contributed by atoms with Crippen LogP contribution in [0.15, 0.2) is 47.8 Å². The Hall–Kier alpha value is -2.34. The monoisotopic (exact) mass is 370 g/mol. The average molecular weight is 370 g/mol. The molecule has 0 bridgehead atoms. The summed E-state index contributed by atoms with van der Waals surface area (Å²) >= 11 is 1.62. The van der Waals surface area contributed by atoms with E-state index in [0.29, 0.717) is 26.1 Å². The van der Waals surface area contributed by atoms with Gasteiger partial charge in [0, 0.05) is 24.0 Å². The van der Waals surface area contributed by atoms with Crippen molar-refractivity contribution < 1.29 is 14.3 Å². The first-order valence-electron chi connectivity index (χ1n) is 9.03. The fourth-order valence-electron chi connectivity index (χ4n) is 3.72. The van der Waals surface area contributed by atoms with Gasteiger partial charge in [0.1, 0.15) is 6.10 Å². The minimum Gasteiger partial charge on any atom is -0.439 e. The topological polar surface area (TPSA) is 49.9 Å². The quantitative estimate of drug-likeness (QED) is 0.828. The first-order chi connectivity index (χ1) is 12.7. The van der Waals surface area contributed by atoms with Crippen LogP contribution in [0.25, 0.3) is 0 Å². The van der Waals surface area contributed by atoms with Gasteiger partial charge in [-0.1, -0.05) is 36.4 Å². The molecule has 136 valence electrons. The Morgan fingerprint density at radius 1 is 1.12 bits per heavy atom. The molecule has 2 aromatic rings. The van der Waals surface area contributed by atoms with Crippen LogP contribution in [0.4, 0.5) is 4.79 Å². The van der Waals surface area contributed by atoms with Crippen LogP contribution in [0.1, 0.15) is 29.4 Å². The molecule has 1 aromatic carbocycles. The van der Waals surface area contributed by atoms with Gasteiger partial charge in [-0.2, -0.15) is 0 Å². The maximum absolute atomic E-state index is 12.4. The van der Waals surface area contributed by atoms with Crippen molar-refractivity contribution >= 4 is 23.3 Å². The Morgan fingerprint density at radius 3 is 2.58 bits per heavy atom. The number of amides is 2. The van der Waals surface area contributed by atoms with Crippen molar-refractivity contribution in [2.45, 2.75) is 31.4 Å². The molecule has 0 saturated carbocycles. The second kappa shape index (κ2) is 7.50. The number of hydrogen-bond acceptors (Lipinski definition) is 4. The predicted molar refractivity (Wildman–Crippen MR) is 100.0 cm³/mol. The zero-order valence-corrected chi connectivity index (χ0v) is 15.4. The van der Waals surface area contributed by atoms with Crippen molar-refractivity contribution in [2.24, 2.45) is 0 Å². The highest BCUT2D eigenvalue weighted by Gasteiger charge is 2.38. The van der Waals surface area contributed by atoms with Crippen molar-refractivity contribution in [3.63, 3.8) is 0 Å². The van der Waals surface area contributed by atoms with E-state index < -0.39 is 0 Å². The molecule has 6 heteroatoms.